The molecule has 33 heavy (non-hydrogen) atoms. The molecule has 2 aromatic rings. The van der Waals surface area contributed by atoms with E-state index in [0.717, 1.165) is 5.01 Å². The van der Waals surface area contributed by atoms with Crippen LogP contribution in [-0.2, 0) is 26.3 Å². The van der Waals surface area contributed by atoms with Crippen molar-refractivity contribution in [3.8, 4) is 0 Å². The Kier molecular flexibility index (Phi) is 6.58. The van der Waals surface area contributed by atoms with Crippen LogP contribution in [0.3, 0.4) is 0 Å². The van der Waals surface area contributed by atoms with Crippen LogP contribution in [0.5, 0.6) is 0 Å². The largest absolute Gasteiger partial charge is 0.481 e. The molecule has 16 heteroatoms. The van der Waals surface area contributed by atoms with Crippen LogP contribution in [0.25, 0.3) is 0 Å². The number of hydrogen-bond donors (Lipinski definition) is 2. The van der Waals surface area contributed by atoms with Gasteiger partial charge in [-0.1, -0.05) is 16.9 Å². The molecule has 0 bridgehead atoms. The molecule has 13 nitrogen and oxygen atoms in total. The fraction of sp³-hybridized carbons (Fsp3) is 0.529. The molecule has 3 atom stereocenters. The van der Waals surface area contributed by atoms with Crippen molar-refractivity contribution in [2.75, 3.05) is 25.2 Å². The lowest BCUT2D eigenvalue weighted by molar-refractivity contribution is -0.157. The molecule has 0 radical (unpaired) electrons. The number of tetrazole rings is 1. The van der Waals surface area contributed by atoms with Crippen molar-refractivity contribution in [3.63, 3.8) is 0 Å². The van der Waals surface area contributed by atoms with Gasteiger partial charge < -0.3 is 20.2 Å². The van der Waals surface area contributed by atoms with Crippen LogP contribution in [-0.4, -0.2) is 95.3 Å². The van der Waals surface area contributed by atoms with E-state index in [-0.39, 0.29) is 35.0 Å². The van der Waals surface area contributed by atoms with E-state index >= 15 is 0 Å². The highest BCUT2D eigenvalue weighted by molar-refractivity contribution is 8.00. The molecule has 2 saturated heterocycles. The first-order valence-electron chi connectivity index (χ1n) is 9.61. The molecule has 2 aliphatic heterocycles. The maximum absolute atomic E-state index is 12.8. The number of nitrogens with zero attached hydrogens (tertiary/aromatic N) is 7. The van der Waals surface area contributed by atoms with Gasteiger partial charge in [-0.25, -0.2) is 9.67 Å². The number of carbonyl (C=O) groups is 3. The highest BCUT2D eigenvalue weighted by Crippen LogP contribution is 2.44. The number of carboxylic acids is 1. The van der Waals surface area contributed by atoms with Crippen molar-refractivity contribution in [3.05, 3.63) is 16.1 Å². The van der Waals surface area contributed by atoms with E-state index < -0.39 is 23.3 Å². The van der Waals surface area contributed by atoms with Crippen LogP contribution in [0.2, 0.25) is 0 Å². The number of β-lactam (4-membered cyclic amide) rings is 1. The second-order valence-corrected chi connectivity index (χ2v) is 10.6. The first-order valence-corrected chi connectivity index (χ1v) is 12.5. The van der Waals surface area contributed by atoms with Crippen LogP contribution in [0.4, 0.5) is 0 Å². The summed E-state index contributed by atoms with van der Waals surface area (Å²) in [7, 11) is 2.99. The topological polar surface area (TPSA) is 165 Å². The molecular weight excluding hydrogens is 492 g/mol. The molecule has 2 unspecified atom stereocenters. The third-order valence-electron chi connectivity index (χ3n) is 5.20. The van der Waals surface area contributed by atoms with Crippen LogP contribution >= 0.6 is 34.9 Å². The summed E-state index contributed by atoms with van der Waals surface area (Å²) in [5, 5.41) is 30.1. The molecule has 2 aromatic heterocycles. The standard InChI is InChI=1S/C17H20N8O5S3/c1-8-18-9(4-31-8)10(21-30-3)12(26)19-11-13(27)25-5-17(15(28)29,6-32-14(11)25)7-33-16-20-22-23-24(16)2/h4,11,14H,5-7H2,1-3H3,(H,19,26)(H,28,29)/t11?,14-,17?/m1/s1. The van der Waals surface area contributed by atoms with E-state index in [1.165, 1.54) is 51.6 Å². The van der Waals surface area contributed by atoms with Crippen LogP contribution in [0, 0.1) is 12.3 Å². The van der Waals surface area contributed by atoms with Gasteiger partial charge in [0.15, 0.2) is 5.71 Å². The molecule has 0 spiro atoms. The Morgan fingerprint density at radius 3 is 2.88 bits per heavy atom. The number of aliphatic carboxylic acids is 1. The predicted octanol–water partition coefficient (Wildman–Crippen LogP) is -0.411. The number of carboxylic acid groups (broad SMARTS) is 1. The summed E-state index contributed by atoms with van der Waals surface area (Å²) >= 11 is 3.91. The number of rotatable bonds is 8. The number of aromatic nitrogens is 5. The molecule has 2 amide bonds. The lowest BCUT2D eigenvalue weighted by Crippen LogP contribution is -2.74. The molecule has 4 rings (SSSR count). The molecule has 2 aliphatic rings. The molecule has 4 heterocycles. The summed E-state index contributed by atoms with van der Waals surface area (Å²) in [4.78, 5) is 48.3. The Morgan fingerprint density at radius 2 is 2.27 bits per heavy atom. The van der Waals surface area contributed by atoms with Crippen molar-refractivity contribution in [1.82, 2.24) is 35.4 Å². The second-order valence-electron chi connectivity index (χ2n) is 7.45. The first kappa shape index (κ1) is 23.4. The number of thioether (sulfide) groups is 2. The van der Waals surface area contributed by atoms with E-state index in [1.54, 1.807) is 19.4 Å². The SMILES string of the molecule is CON=C(C(=O)NC1C(=O)N2CC(CSc3nnnn3C)(C(=O)O)CS[C@H]12)c1csc(C)n1. The summed E-state index contributed by atoms with van der Waals surface area (Å²) in [5.74, 6) is -1.45. The third kappa shape index (κ3) is 4.41. The van der Waals surface area contributed by atoms with Gasteiger partial charge in [0.2, 0.25) is 11.1 Å². The Bertz CT molecular complexity index is 1120. The van der Waals surface area contributed by atoms with Gasteiger partial charge in [-0.2, -0.15) is 0 Å². The minimum Gasteiger partial charge on any atom is -0.481 e. The first-order chi connectivity index (χ1) is 15.8. The minimum atomic E-state index is -1.16. The molecule has 0 saturated carbocycles. The third-order valence-corrected chi connectivity index (χ3v) is 8.87. The smallest absolute Gasteiger partial charge is 0.313 e. The highest BCUT2D eigenvalue weighted by Gasteiger charge is 2.57. The van der Waals surface area contributed by atoms with Crippen LogP contribution in [0.15, 0.2) is 15.7 Å². The van der Waals surface area contributed by atoms with E-state index in [2.05, 4.69) is 31.0 Å². The number of nitrogens with one attached hydrogen (secondary N) is 1. The van der Waals surface area contributed by atoms with Gasteiger partial charge in [0.05, 0.1) is 5.01 Å². The zero-order valence-electron chi connectivity index (χ0n) is 17.8. The van der Waals surface area contributed by atoms with E-state index in [4.69, 9.17) is 4.84 Å². The monoisotopic (exact) mass is 512 g/mol. The van der Waals surface area contributed by atoms with Crippen molar-refractivity contribution in [1.29, 1.82) is 0 Å². The van der Waals surface area contributed by atoms with E-state index in [1.807, 2.05) is 0 Å². The number of hydrogen-bond acceptors (Lipinski definition) is 12. The Hall–Kier alpha value is -2.72. The fourth-order valence-electron chi connectivity index (χ4n) is 3.43. The average Bonchev–Trinajstić information content (AvgIpc) is 3.41. The molecule has 2 fully saturated rings. The summed E-state index contributed by atoms with van der Waals surface area (Å²) < 4.78 is 1.46. The quantitative estimate of drug-likeness (QED) is 0.204. The molecule has 2 N–H and O–H groups in total. The number of thiazole rings is 1. The van der Waals surface area contributed by atoms with Crippen molar-refractivity contribution in [2.45, 2.75) is 23.5 Å². The van der Waals surface area contributed by atoms with Gasteiger partial charge in [-0.3, -0.25) is 14.4 Å². The number of amides is 2. The Balaban J connectivity index is 1.43. The minimum absolute atomic E-state index is 0.0255. The average molecular weight is 513 g/mol. The summed E-state index contributed by atoms with van der Waals surface area (Å²) in [6.45, 7) is 1.84. The number of oxime groups is 1. The number of aryl methyl sites for hydroxylation is 2. The highest BCUT2D eigenvalue weighted by atomic mass is 32.2. The zero-order chi connectivity index (χ0) is 23.8. The van der Waals surface area contributed by atoms with Gasteiger partial charge in [0.1, 0.15) is 29.6 Å². The van der Waals surface area contributed by atoms with E-state index in [9.17, 15) is 19.5 Å². The lowest BCUT2D eigenvalue weighted by Gasteiger charge is -2.53. The molecule has 176 valence electrons. The normalized spacial score (nSPS) is 24.8. The van der Waals surface area contributed by atoms with Crippen LogP contribution in [0.1, 0.15) is 10.7 Å². The van der Waals surface area contributed by atoms with Crippen molar-refractivity contribution >= 4 is 58.4 Å². The Morgan fingerprint density at radius 1 is 1.48 bits per heavy atom. The summed E-state index contributed by atoms with van der Waals surface area (Å²) in [6, 6.07) is -0.785. The molecule has 0 aliphatic carbocycles. The molecular formula is C17H20N8O5S3. The summed E-state index contributed by atoms with van der Waals surface area (Å²) in [6.07, 6.45) is 0. The van der Waals surface area contributed by atoms with E-state index in [0.29, 0.717) is 10.9 Å². The van der Waals surface area contributed by atoms with Crippen molar-refractivity contribution < 1.29 is 24.3 Å². The maximum Gasteiger partial charge on any atom is 0.313 e. The number of carbonyl (C=O) groups excluding carboxylic acids is 2. The van der Waals surface area contributed by atoms with Gasteiger partial charge in [-0.15, -0.1) is 28.2 Å². The van der Waals surface area contributed by atoms with Crippen molar-refractivity contribution in [2.24, 2.45) is 17.6 Å². The second kappa shape index (κ2) is 9.26. The molecule has 0 aromatic carbocycles. The lowest BCUT2D eigenvalue weighted by atomic mass is 9.89. The van der Waals surface area contributed by atoms with Crippen LogP contribution < -0.4 is 5.32 Å². The predicted molar refractivity (Wildman–Crippen MR) is 120 cm³/mol. The van der Waals surface area contributed by atoms with Gasteiger partial charge >= 0.3 is 5.97 Å². The van der Waals surface area contributed by atoms with Gasteiger partial charge in [0, 0.05) is 30.5 Å². The maximum atomic E-state index is 12.8. The number of fused-ring (bicyclic) bond motifs is 1. The summed E-state index contributed by atoms with van der Waals surface area (Å²) in [5.41, 5.74) is -0.831. The van der Waals surface area contributed by atoms with Gasteiger partial charge in [0.25, 0.3) is 5.91 Å². The fourth-order valence-corrected chi connectivity index (χ4v) is 6.74. The Labute approximate surface area is 200 Å². The zero-order valence-corrected chi connectivity index (χ0v) is 20.2. The van der Waals surface area contributed by atoms with Gasteiger partial charge in [-0.05, 0) is 17.4 Å².